The van der Waals surface area contributed by atoms with E-state index < -0.39 is 0 Å². The lowest BCUT2D eigenvalue weighted by Gasteiger charge is -2.31. The summed E-state index contributed by atoms with van der Waals surface area (Å²) in [7, 11) is 1.73. The average Bonchev–Trinajstić information content (AvgIpc) is 2.80. The molecule has 1 heterocycles. The molecule has 0 aliphatic carbocycles. The maximum atomic E-state index is 5.54. The standard InChI is InChI=1S/C17H33N3O/c1-8-10-20-16(15(21-7)12-19-20)14(18-9-2)11-13(3)17(4,5)6/h12-14,18H,8-11H2,1-7H3. The van der Waals surface area contributed by atoms with Gasteiger partial charge in [-0.05, 0) is 30.7 Å². The van der Waals surface area contributed by atoms with Crippen LogP contribution in [0.25, 0.3) is 0 Å². The van der Waals surface area contributed by atoms with Crippen LogP contribution in [0.5, 0.6) is 5.75 Å². The van der Waals surface area contributed by atoms with E-state index in [4.69, 9.17) is 4.74 Å². The fourth-order valence-electron chi connectivity index (χ4n) is 2.52. The minimum atomic E-state index is 0.285. The smallest absolute Gasteiger partial charge is 0.161 e. The van der Waals surface area contributed by atoms with Crippen molar-refractivity contribution in [2.24, 2.45) is 11.3 Å². The zero-order valence-corrected chi connectivity index (χ0v) is 14.9. The molecular formula is C17H33N3O. The van der Waals surface area contributed by atoms with E-state index in [1.54, 1.807) is 7.11 Å². The maximum Gasteiger partial charge on any atom is 0.161 e. The van der Waals surface area contributed by atoms with E-state index >= 15 is 0 Å². The third-order valence-corrected chi connectivity index (χ3v) is 4.35. The number of hydrogen-bond donors (Lipinski definition) is 1. The third-order valence-electron chi connectivity index (χ3n) is 4.35. The largest absolute Gasteiger partial charge is 0.493 e. The lowest BCUT2D eigenvalue weighted by Crippen LogP contribution is -2.29. The van der Waals surface area contributed by atoms with Crippen molar-refractivity contribution in [3.8, 4) is 5.75 Å². The van der Waals surface area contributed by atoms with Crippen LogP contribution >= 0.6 is 0 Å². The Balaban J connectivity index is 3.06. The summed E-state index contributed by atoms with van der Waals surface area (Å²) >= 11 is 0. The van der Waals surface area contributed by atoms with E-state index in [9.17, 15) is 0 Å². The first-order valence-electron chi connectivity index (χ1n) is 8.18. The van der Waals surface area contributed by atoms with Gasteiger partial charge >= 0.3 is 0 Å². The Kier molecular flexibility index (Phi) is 6.72. The van der Waals surface area contributed by atoms with Crippen molar-refractivity contribution in [3.05, 3.63) is 11.9 Å². The molecule has 2 unspecified atom stereocenters. The quantitative estimate of drug-likeness (QED) is 0.787. The Hall–Kier alpha value is -1.03. The highest BCUT2D eigenvalue weighted by atomic mass is 16.5. The predicted octanol–water partition coefficient (Wildman–Crippen LogP) is 4.02. The third kappa shape index (κ3) is 4.73. The van der Waals surface area contributed by atoms with Gasteiger partial charge in [0.2, 0.25) is 0 Å². The fraction of sp³-hybridized carbons (Fsp3) is 0.824. The molecule has 0 aromatic carbocycles. The number of aromatic nitrogens is 2. The van der Waals surface area contributed by atoms with Crippen LogP contribution in [0, 0.1) is 11.3 Å². The number of aryl methyl sites for hydroxylation is 1. The average molecular weight is 295 g/mol. The second kappa shape index (κ2) is 7.83. The zero-order chi connectivity index (χ0) is 16.0. The van der Waals surface area contributed by atoms with E-state index in [0.29, 0.717) is 11.3 Å². The van der Waals surface area contributed by atoms with Crippen LogP contribution in [0.15, 0.2) is 6.20 Å². The van der Waals surface area contributed by atoms with E-state index in [1.165, 1.54) is 5.69 Å². The topological polar surface area (TPSA) is 39.1 Å². The van der Waals surface area contributed by atoms with Gasteiger partial charge in [0, 0.05) is 6.54 Å². The van der Waals surface area contributed by atoms with Gasteiger partial charge in [0.25, 0.3) is 0 Å². The number of nitrogens with zero attached hydrogens (tertiary/aromatic N) is 2. The van der Waals surface area contributed by atoms with Crippen LogP contribution in [0.1, 0.15) is 66.1 Å². The lowest BCUT2D eigenvalue weighted by molar-refractivity contribution is 0.218. The number of hydrogen-bond acceptors (Lipinski definition) is 3. The molecule has 0 aliphatic heterocycles. The minimum absolute atomic E-state index is 0.285. The van der Waals surface area contributed by atoms with Gasteiger partial charge in [-0.25, -0.2) is 0 Å². The van der Waals surface area contributed by atoms with E-state index in [-0.39, 0.29) is 6.04 Å². The Bertz CT molecular complexity index is 420. The van der Waals surface area contributed by atoms with Crippen LogP contribution in [-0.4, -0.2) is 23.4 Å². The normalized spacial score (nSPS) is 15.0. The molecule has 21 heavy (non-hydrogen) atoms. The van der Waals surface area contributed by atoms with Crippen molar-refractivity contribution >= 4 is 0 Å². The first kappa shape index (κ1) is 18.0. The van der Waals surface area contributed by atoms with Crippen molar-refractivity contribution < 1.29 is 4.74 Å². The van der Waals surface area contributed by atoms with Crippen LogP contribution in [0.4, 0.5) is 0 Å². The van der Waals surface area contributed by atoms with Gasteiger partial charge < -0.3 is 10.1 Å². The minimum Gasteiger partial charge on any atom is -0.493 e. The predicted molar refractivity (Wildman–Crippen MR) is 88.7 cm³/mol. The first-order valence-corrected chi connectivity index (χ1v) is 8.18. The highest BCUT2D eigenvalue weighted by Crippen LogP contribution is 2.36. The number of nitrogens with one attached hydrogen (secondary N) is 1. The molecule has 2 atom stereocenters. The molecule has 1 aromatic heterocycles. The molecule has 0 spiro atoms. The molecule has 0 fully saturated rings. The summed E-state index contributed by atoms with van der Waals surface area (Å²) in [5.74, 6) is 1.51. The summed E-state index contributed by atoms with van der Waals surface area (Å²) in [6.45, 7) is 15.5. The van der Waals surface area contributed by atoms with Gasteiger partial charge in [-0.1, -0.05) is 41.5 Å². The first-order chi connectivity index (χ1) is 9.85. The highest BCUT2D eigenvalue weighted by molar-refractivity contribution is 5.28. The highest BCUT2D eigenvalue weighted by Gasteiger charge is 2.28. The fourth-order valence-corrected chi connectivity index (χ4v) is 2.52. The molecule has 0 radical (unpaired) electrons. The van der Waals surface area contributed by atoms with Gasteiger partial charge in [-0.2, -0.15) is 5.10 Å². The van der Waals surface area contributed by atoms with Crippen molar-refractivity contribution in [1.29, 1.82) is 0 Å². The Morgan fingerprint density at radius 3 is 2.48 bits per heavy atom. The summed E-state index contributed by atoms with van der Waals surface area (Å²) in [6.07, 6.45) is 4.01. The summed E-state index contributed by atoms with van der Waals surface area (Å²) < 4.78 is 7.64. The van der Waals surface area contributed by atoms with Gasteiger partial charge in [0.05, 0.1) is 25.0 Å². The van der Waals surface area contributed by atoms with Gasteiger partial charge in [-0.15, -0.1) is 0 Å². The lowest BCUT2D eigenvalue weighted by atomic mass is 9.78. The molecular weight excluding hydrogens is 262 g/mol. The van der Waals surface area contributed by atoms with Crippen LogP contribution in [0.3, 0.4) is 0 Å². The Morgan fingerprint density at radius 2 is 2.00 bits per heavy atom. The monoisotopic (exact) mass is 295 g/mol. The van der Waals surface area contributed by atoms with E-state index in [1.807, 2.05) is 6.20 Å². The molecule has 1 N–H and O–H groups in total. The molecule has 4 heteroatoms. The van der Waals surface area contributed by atoms with Crippen molar-refractivity contribution in [2.45, 2.75) is 67.0 Å². The van der Waals surface area contributed by atoms with Crippen LogP contribution in [-0.2, 0) is 6.54 Å². The number of rotatable bonds is 8. The molecule has 1 aromatic rings. The van der Waals surface area contributed by atoms with Crippen molar-refractivity contribution in [1.82, 2.24) is 15.1 Å². The molecule has 0 saturated carbocycles. The Morgan fingerprint density at radius 1 is 1.33 bits per heavy atom. The maximum absolute atomic E-state index is 5.54. The van der Waals surface area contributed by atoms with E-state index in [2.05, 4.69) is 56.6 Å². The molecule has 0 aliphatic rings. The van der Waals surface area contributed by atoms with Crippen molar-refractivity contribution in [2.75, 3.05) is 13.7 Å². The summed E-state index contributed by atoms with van der Waals surface area (Å²) in [6, 6.07) is 0.285. The molecule has 0 amide bonds. The van der Waals surface area contributed by atoms with Gasteiger partial charge in [0.15, 0.2) is 5.75 Å². The second-order valence-corrected chi connectivity index (χ2v) is 6.93. The molecule has 0 saturated heterocycles. The van der Waals surface area contributed by atoms with Crippen molar-refractivity contribution in [3.63, 3.8) is 0 Å². The van der Waals surface area contributed by atoms with Crippen LogP contribution < -0.4 is 10.1 Å². The molecule has 4 nitrogen and oxygen atoms in total. The molecule has 1 rings (SSSR count). The zero-order valence-electron chi connectivity index (χ0n) is 14.9. The second-order valence-electron chi connectivity index (χ2n) is 6.93. The van der Waals surface area contributed by atoms with Crippen LogP contribution in [0.2, 0.25) is 0 Å². The molecule has 122 valence electrons. The van der Waals surface area contributed by atoms with Gasteiger partial charge in [0.1, 0.15) is 0 Å². The SMILES string of the molecule is CCCn1ncc(OC)c1C(CC(C)C(C)(C)C)NCC. The summed E-state index contributed by atoms with van der Waals surface area (Å²) in [4.78, 5) is 0. The van der Waals surface area contributed by atoms with E-state index in [0.717, 1.165) is 31.7 Å². The number of methoxy groups -OCH3 is 1. The summed E-state index contributed by atoms with van der Waals surface area (Å²) in [5, 5.41) is 8.12. The Labute approximate surface area is 130 Å². The molecule has 0 bridgehead atoms. The van der Waals surface area contributed by atoms with Gasteiger partial charge in [-0.3, -0.25) is 4.68 Å². The summed E-state index contributed by atoms with van der Waals surface area (Å²) in [5.41, 5.74) is 1.49. The number of ether oxygens (including phenoxy) is 1.